The number of hydrogen-bond acceptors (Lipinski definition) is 4. The zero-order chi connectivity index (χ0) is 10.7. The van der Waals surface area contributed by atoms with Gasteiger partial charge in [-0.2, -0.15) is 9.45 Å². The van der Waals surface area contributed by atoms with Crippen molar-refractivity contribution in [3.8, 4) is 0 Å². The highest BCUT2D eigenvalue weighted by Crippen LogP contribution is 2.20. The van der Waals surface area contributed by atoms with Crippen molar-refractivity contribution in [3.63, 3.8) is 0 Å². The molecule has 1 aromatic rings. The van der Waals surface area contributed by atoms with Crippen molar-refractivity contribution in [1.82, 2.24) is 5.06 Å². The van der Waals surface area contributed by atoms with Crippen LogP contribution in [-0.4, -0.2) is 22.2 Å². The normalized spacial score (nSPS) is 10.6. The van der Waals surface area contributed by atoms with Crippen LogP contribution in [0.25, 0.3) is 0 Å². The molecule has 14 heavy (non-hydrogen) atoms. The van der Waals surface area contributed by atoms with E-state index < -0.39 is 16.4 Å². The molecule has 0 saturated carbocycles. The summed E-state index contributed by atoms with van der Waals surface area (Å²) in [6.07, 6.45) is 0. The third-order valence-electron chi connectivity index (χ3n) is 1.65. The lowest BCUT2D eigenvalue weighted by Crippen LogP contribution is -2.13. The summed E-state index contributed by atoms with van der Waals surface area (Å²) in [6, 6.07) is 3.84. The molecule has 0 bridgehead atoms. The molecule has 0 spiro atoms. The molecule has 0 aliphatic rings. The van der Waals surface area contributed by atoms with Crippen LogP contribution >= 0.6 is 0 Å². The SMILES string of the molecule is CN(O)Cc1cccc([N+](=O)[O-])c1F. The minimum Gasteiger partial charge on any atom is -0.314 e. The van der Waals surface area contributed by atoms with Gasteiger partial charge in [0.2, 0.25) is 5.82 Å². The highest BCUT2D eigenvalue weighted by molar-refractivity contribution is 5.36. The second kappa shape index (κ2) is 4.12. The smallest absolute Gasteiger partial charge is 0.305 e. The van der Waals surface area contributed by atoms with E-state index >= 15 is 0 Å². The van der Waals surface area contributed by atoms with Crippen molar-refractivity contribution in [3.05, 3.63) is 39.7 Å². The lowest BCUT2D eigenvalue weighted by molar-refractivity contribution is -0.387. The molecule has 76 valence electrons. The number of rotatable bonds is 3. The maximum absolute atomic E-state index is 13.3. The lowest BCUT2D eigenvalue weighted by atomic mass is 10.2. The monoisotopic (exact) mass is 200 g/mol. The van der Waals surface area contributed by atoms with Crippen molar-refractivity contribution in [2.45, 2.75) is 6.54 Å². The number of hydrogen-bond donors (Lipinski definition) is 1. The first kappa shape index (κ1) is 10.6. The van der Waals surface area contributed by atoms with Gasteiger partial charge in [0.15, 0.2) is 0 Å². The summed E-state index contributed by atoms with van der Waals surface area (Å²) in [7, 11) is 1.33. The number of benzene rings is 1. The minimum atomic E-state index is -0.904. The van der Waals surface area contributed by atoms with Crippen LogP contribution in [0.5, 0.6) is 0 Å². The molecule has 0 amide bonds. The molecular weight excluding hydrogens is 191 g/mol. The average molecular weight is 200 g/mol. The van der Waals surface area contributed by atoms with Crippen LogP contribution in [0.4, 0.5) is 10.1 Å². The summed E-state index contributed by atoms with van der Waals surface area (Å²) in [4.78, 5) is 9.55. The van der Waals surface area contributed by atoms with Crippen LogP contribution in [0, 0.1) is 15.9 Å². The Morgan fingerprint density at radius 3 is 2.79 bits per heavy atom. The minimum absolute atomic E-state index is 0.0872. The second-order valence-corrected chi connectivity index (χ2v) is 2.82. The maximum Gasteiger partial charge on any atom is 0.305 e. The van der Waals surface area contributed by atoms with Crippen LogP contribution in [0.2, 0.25) is 0 Å². The van der Waals surface area contributed by atoms with E-state index in [1.807, 2.05) is 0 Å². The van der Waals surface area contributed by atoms with Gasteiger partial charge < -0.3 is 5.21 Å². The Kier molecular flexibility index (Phi) is 3.10. The first-order chi connectivity index (χ1) is 6.52. The van der Waals surface area contributed by atoms with Gasteiger partial charge in [0, 0.05) is 18.7 Å². The van der Waals surface area contributed by atoms with Crippen LogP contribution in [0.15, 0.2) is 18.2 Å². The highest BCUT2D eigenvalue weighted by Gasteiger charge is 2.17. The third-order valence-corrected chi connectivity index (χ3v) is 1.65. The van der Waals surface area contributed by atoms with E-state index in [1.165, 1.54) is 19.2 Å². The number of nitro groups is 1. The van der Waals surface area contributed by atoms with E-state index in [2.05, 4.69) is 0 Å². The largest absolute Gasteiger partial charge is 0.314 e. The van der Waals surface area contributed by atoms with Gasteiger partial charge in [0.25, 0.3) is 0 Å². The quantitative estimate of drug-likeness (QED) is 0.593. The first-order valence-electron chi connectivity index (χ1n) is 3.84. The van der Waals surface area contributed by atoms with E-state index in [4.69, 9.17) is 5.21 Å². The molecule has 0 heterocycles. The molecule has 0 aliphatic heterocycles. The van der Waals surface area contributed by atoms with Gasteiger partial charge in [0.1, 0.15) is 0 Å². The van der Waals surface area contributed by atoms with E-state index in [0.717, 1.165) is 11.1 Å². The van der Waals surface area contributed by atoms with Crippen molar-refractivity contribution in [2.24, 2.45) is 0 Å². The zero-order valence-corrected chi connectivity index (χ0v) is 7.48. The van der Waals surface area contributed by atoms with Crippen LogP contribution in [0.1, 0.15) is 5.56 Å². The van der Waals surface area contributed by atoms with Crippen LogP contribution in [-0.2, 0) is 6.54 Å². The molecule has 5 nitrogen and oxygen atoms in total. The molecule has 0 aromatic heterocycles. The lowest BCUT2D eigenvalue weighted by Gasteiger charge is -2.08. The fourth-order valence-electron chi connectivity index (χ4n) is 1.08. The molecule has 0 fully saturated rings. The Labute approximate surface area is 79.5 Å². The Morgan fingerprint density at radius 2 is 2.29 bits per heavy atom. The molecule has 1 N–H and O–H groups in total. The van der Waals surface area contributed by atoms with Crippen molar-refractivity contribution >= 4 is 5.69 Å². The van der Waals surface area contributed by atoms with Crippen LogP contribution < -0.4 is 0 Å². The Hall–Kier alpha value is -1.53. The molecule has 0 atom stereocenters. The summed E-state index contributed by atoms with van der Waals surface area (Å²) in [5.74, 6) is -0.904. The molecule has 0 radical (unpaired) electrons. The van der Waals surface area contributed by atoms with Gasteiger partial charge in [0.05, 0.1) is 11.5 Å². The predicted octanol–water partition coefficient (Wildman–Crippen LogP) is 1.55. The van der Waals surface area contributed by atoms with Crippen molar-refractivity contribution in [2.75, 3.05) is 7.05 Å². The predicted molar refractivity (Wildman–Crippen MR) is 46.3 cm³/mol. The summed E-state index contributed by atoms with van der Waals surface area (Å²) >= 11 is 0. The van der Waals surface area contributed by atoms with Gasteiger partial charge in [-0.3, -0.25) is 10.1 Å². The highest BCUT2D eigenvalue weighted by atomic mass is 19.1. The van der Waals surface area contributed by atoms with E-state index in [-0.39, 0.29) is 12.1 Å². The molecule has 1 rings (SSSR count). The summed E-state index contributed by atoms with van der Waals surface area (Å²) in [5, 5.41) is 20.0. The zero-order valence-electron chi connectivity index (χ0n) is 7.48. The third kappa shape index (κ3) is 2.24. The number of nitro benzene ring substituents is 1. The average Bonchev–Trinajstić information content (AvgIpc) is 2.07. The number of hydroxylamine groups is 2. The molecule has 0 saturated heterocycles. The van der Waals surface area contributed by atoms with Crippen molar-refractivity contribution in [1.29, 1.82) is 0 Å². The maximum atomic E-state index is 13.3. The standard InChI is InChI=1S/C8H9FN2O3/c1-10(12)5-6-3-2-4-7(8(6)9)11(13)14/h2-4,12H,5H2,1H3. The summed E-state index contributed by atoms with van der Waals surface area (Å²) in [5.41, 5.74) is -0.492. The molecular formula is C8H9FN2O3. The molecule has 0 aliphatic carbocycles. The van der Waals surface area contributed by atoms with E-state index in [0.29, 0.717) is 0 Å². The Bertz CT molecular complexity index is 354. The fourth-order valence-corrected chi connectivity index (χ4v) is 1.08. The summed E-state index contributed by atoms with van der Waals surface area (Å²) in [6.45, 7) is -0.0898. The second-order valence-electron chi connectivity index (χ2n) is 2.82. The van der Waals surface area contributed by atoms with Crippen molar-refractivity contribution < 1.29 is 14.5 Å². The topological polar surface area (TPSA) is 66.6 Å². The van der Waals surface area contributed by atoms with Gasteiger partial charge in [-0.05, 0) is 0 Å². The van der Waals surface area contributed by atoms with E-state index in [9.17, 15) is 14.5 Å². The number of halogens is 1. The van der Waals surface area contributed by atoms with Gasteiger partial charge in [-0.1, -0.05) is 12.1 Å². The Balaban J connectivity index is 3.07. The number of nitrogens with zero attached hydrogens (tertiary/aromatic N) is 2. The van der Waals surface area contributed by atoms with E-state index in [1.54, 1.807) is 0 Å². The summed E-state index contributed by atoms with van der Waals surface area (Å²) < 4.78 is 13.3. The molecule has 6 heteroatoms. The van der Waals surface area contributed by atoms with Gasteiger partial charge in [-0.15, -0.1) is 0 Å². The first-order valence-corrected chi connectivity index (χ1v) is 3.84. The van der Waals surface area contributed by atoms with Gasteiger partial charge in [-0.25, -0.2) is 0 Å². The Morgan fingerprint density at radius 1 is 1.64 bits per heavy atom. The molecule has 0 unspecified atom stereocenters. The van der Waals surface area contributed by atoms with Gasteiger partial charge >= 0.3 is 5.69 Å². The molecule has 1 aromatic carbocycles. The van der Waals surface area contributed by atoms with Crippen LogP contribution in [0.3, 0.4) is 0 Å². The fraction of sp³-hybridized carbons (Fsp3) is 0.250.